The Morgan fingerprint density at radius 2 is 1.67 bits per heavy atom. The molecule has 0 radical (unpaired) electrons. The van der Waals surface area contributed by atoms with Crippen molar-refractivity contribution in [2.75, 3.05) is 7.05 Å². The second-order valence-corrected chi connectivity index (χ2v) is 9.29. The Bertz CT molecular complexity index is 593. The highest BCUT2D eigenvalue weighted by molar-refractivity contribution is 5.89. The fourth-order valence-corrected chi connectivity index (χ4v) is 3.51. The van der Waals surface area contributed by atoms with Crippen molar-refractivity contribution in [3.8, 4) is 0 Å². The molecule has 1 aromatic rings. The summed E-state index contributed by atoms with van der Waals surface area (Å²) < 4.78 is 5.90. The van der Waals surface area contributed by atoms with Gasteiger partial charge in [0, 0.05) is 5.54 Å². The van der Waals surface area contributed by atoms with Gasteiger partial charge in [0.15, 0.2) is 0 Å². The molecule has 1 unspecified atom stereocenters. The van der Waals surface area contributed by atoms with Gasteiger partial charge in [0.2, 0.25) is 0 Å². The lowest BCUT2D eigenvalue weighted by Crippen LogP contribution is -2.63. The molecule has 0 bridgehead atoms. The maximum absolute atomic E-state index is 12.6. The molecule has 3 nitrogen and oxygen atoms in total. The second kappa shape index (κ2) is 6.18. The fraction of sp³-hybridized carbons (Fsp3) is 0.667. The van der Waals surface area contributed by atoms with Gasteiger partial charge in [-0.2, -0.15) is 0 Å². The molecular formula is C21H33NO2. The van der Waals surface area contributed by atoms with Gasteiger partial charge < -0.3 is 4.74 Å². The highest BCUT2D eigenvalue weighted by Gasteiger charge is 2.46. The summed E-state index contributed by atoms with van der Waals surface area (Å²) in [6.07, 6.45) is 1.83. The van der Waals surface area contributed by atoms with E-state index in [4.69, 9.17) is 4.74 Å². The Morgan fingerprint density at radius 3 is 2.17 bits per heavy atom. The van der Waals surface area contributed by atoms with Crippen LogP contribution in [0.2, 0.25) is 0 Å². The molecule has 1 atom stereocenters. The maximum atomic E-state index is 12.6. The fourth-order valence-electron chi connectivity index (χ4n) is 3.51. The third-order valence-corrected chi connectivity index (χ3v) is 5.81. The summed E-state index contributed by atoms with van der Waals surface area (Å²) in [7, 11) is 2.12. The minimum atomic E-state index is -0.221. The standard InChI is InChI=1S/C21H33NO2/c1-19(2,3)16-11-9-15(10-12-16)18(23)24-17-13-14-20(4,5)22(8)21(17,6)7/h9-12,17H,13-14H2,1-8H3. The topological polar surface area (TPSA) is 29.5 Å². The lowest BCUT2D eigenvalue weighted by molar-refractivity contribution is -0.0975. The van der Waals surface area contributed by atoms with Crippen LogP contribution in [-0.4, -0.2) is 35.1 Å². The van der Waals surface area contributed by atoms with E-state index in [1.807, 2.05) is 24.3 Å². The summed E-state index contributed by atoms with van der Waals surface area (Å²) >= 11 is 0. The van der Waals surface area contributed by atoms with Crippen molar-refractivity contribution in [3.63, 3.8) is 0 Å². The molecule has 24 heavy (non-hydrogen) atoms. The normalized spacial score (nSPS) is 23.8. The first-order chi connectivity index (χ1) is 10.9. The number of hydrogen-bond donors (Lipinski definition) is 0. The summed E-state index contributed by atoms with van der Waals surface area (Å²) in [5.74, 6) is -0.221. The molecule has 0 aromatic heterocycles. The van der Waals surface area contributed by atoms with Crippen molar-refractivity contribution < 1.29 is 9.53 Å². The summed E-state index contributed by atoms with van der Waals surface area (Å²) in [6.45, 7) is 15.3. The number of esters is 1. The van der Waals surface area contributed by atoms with E-state index in [2.05, 4.69) is 60.4 Å². The van der Waals surface area contributed by atoms with E-state index >= 15 is 0 Å². The van der Waals surface area contributed by atoms with Gasteiger partial charge >= 0.3 is 5.97 Å². The number of hydrogen-bond acceptors (Lipinski definition) is 3. The molecule has 1 fully saturated rings. The SMILES string of the molecule is CN1C(C)(C)CCC(OC(=O)c2ccc(C(C)(C)C)cc2)C1(C)C. The number of likely N-dealkylation sites (tertiary alicyclic amines) is 1. The van der Waals surface area contributed by atoms with E-state index in [9.17, 15) is 4.79 Å². The minimum absolute atomic E-state index is 0.0854. The number of carbonyl (C=O) groups excluding carboxylic acids is 1. The minimum Gasteiger partial charge on any atom is -0.457 e. The summed E-state index contributed by atoms with van der Waals surface area (Å²) in [6, 6.07) is 7.81. The van der Waals surface area contributed by atoms with Crippen LogP contribution >= 0.6 is 0 Å². The quantitative estimate of drug-likeness (QED) is 0.730. The van der Waals surface area contributed by atoms with Gasteiger partial charge in [0.05, 0.1) is 11.1 Å². The van der Waals surface area contributed by atoms with Crippen molar-refractivity contribution in [1.29, 1.82) is 0 Å². The molecule has 1 aliphatic heterocycles. The predicted octanol–water partition coefficient (Wildman–Crippen LogP) is 4.79. The van der Waals surface area contributed by atoms with Gasteiger partial charge in [-0.3, -0.25) is 4.90 Å². The van der Waals surface area contributed by atoms with E-state index in [0.717, 1.165) is 12.8 Å². The molecule has 1 saturated heterocycles. The number of piperidine rings is 1. The average molecular weight is 332 g/mol. The highest BCUT2D eigenvalue weighted by atomic mass is 16.5. The lowest BCUT2D eigenvalue weighted by atomic mass is 9.78. The molecule has 2 rings (SSSR count). The Morgan fingerprint density at radius 1 is 1.12 bits per heavy atom. The van der Waals surface area contributed by atoms with Crippen LogP contribution in [0.1, 0.15) is 77.2 Å². The number of rotatable bonds is 2. The van der Waals surface area contributed by atoms with Crippen LogP contribution in [-0.2, 0) is 10.2 Å². The van der Waals surface area contributed by atoms with Crippen LogP contribution in [0.5, 0.6) is 0 Å². The van der Waals surface area contributed by atoms with Crippen molar-refractivity contribution in [2.45, 2.75) is 83.9 Å². The Balaban J connectivity index is 2.12. The van der Waals surface area contributed by atoms with Gasteiger partial charge in [-0.15, -0.1) is 0 Å². The lowest BCUT2D eigenvalue weighted by Gasteiger charge is -2.54. The van der Waals surface area contributed by atoms with Gasteiger partial charge in [0.1, 0.15) is 6.10 Å². The molecular weight excluding hydrogens is 298 g/mol. The van der Waals surface area contributed by atoms with E-state index < -0.39 is 0 Å². The van der Waals surface area contributed by atoms with Crippen molar-refractivity contribution in [1.82, 2.24) is 4.90 Å². The monoisotopic (exact) mass is 331 g/mol. The van der Waals surface area contributed by atoms with Crippen LogP contribution < -0.4 is 0 Å². The number of likely N-dealkylation sites (N-methyl/N-ethyl adjacent to an activating group) is 1. The number of carbonyl (C=O) groups is 1. The van der Waals surface area contributed by atoms with Crippen LogP contribution in [0.3, 0.4) is 0 Å². The molecule has 1 aliphatic rings. The third kappa shape index (κ3) is 3.66. The first-order valence-corrected chi connectivity index (χ1v) is 8.91. The van der Waals surface area contributed by atoms with E-state index in [1.54, 1.807) is 0 Å². The summed E-state index contributed by atoms with van der Waals surface area (Å²) in [5, 5.41) is 0. The molecule has 0 amide bonds. The average Bonchev–Trinajstić information content (AvgIpc) is 2.48. The van der Waals surface area contributed by atoms with E-state index in [1.165, 1.54) is 5.56 Å². The summed E-state index contributed by atoms with van der Waals surface area (Å²) in [5.41, 5.74) is 1.89. The van der Waals surface area contributed by atoms with Crippen LogP contribution in [0, 0.1) is 0 Å². The van der Waals surface area contributed by atoms with Crippen LogP contribution in [0.15, 0.2) is 24.3 Å². The zero-order chi connectivity index (χ0) is 18.3. The van der Waals surface area contributed by atoms with E-state index in [-0.39, 0.29) is 28.6 Å². The molecule has 3 heteroatoms. The number of nitrogens with zero attached hydrogens (tertiary/aromatic N) is 1. The van der Waals surface area contributed by atoms with Crippen molar-refractivity contribution in [2.24, 2.45) is 0 Å². The van der Waals surface area contributed by atoms with Gasteiger partial charge in [-0.1, -0.05) is 32.9 Å². The van der Waals surface area contributed by atoms with Gasteiger partial charge in [-0.05, 0) is 70.7 Å². The molecule has 0 spiro atoms. The molecule has 0 saturated carbocycles. The third-order valence-electron chi connectivity index (χ3n) is 5.81. The van der Waals surface area contributed by atoms with Gasteiger partial charge in [0.25, 0.3) is 0 Å². The first kappa shape index (κ1) is 19.0. The van der Waals surface area contributed by atoms with Crippen molar-refractivity contribution in [3.05, 3.63) is 35.4 Å². The predicted molar refractivity (Wildman–Crippen MR) is 99.5 cm³/mol. The molecule has 1 heterocycles. The molecule has 1 aromatic carbocycles. The zero-order valence-electron chi connectivity index (χ0n) is 16.6. The molecule has 0 aliphatic carbocycles. The largest absolute Gasteiger partial charge is 0.457 e. The highest BCUT2D eigenvalue weighted by Crippen LogP contribution is 2.38. The van der Waals surface area contributed by atoms with Crippen LogP contribution in [0.25, 0.3) is 0 Å². The Labute approximate surface area is 147 Å². The smallest absolute Gasteiger partial charge is 0.338 e. The number of benzene rings is 1. The summed E-state index contributed by atoms with van der Waals surface area (Å²) in [4.78, 5) is 14.9. The van der Waals surface area contributed by atoms with Gasteiger partial charge in [-0.25, -0.2) is 4.79 Å². The van der Waals surface area contributed by atoms with Crippen molar-refractivity contribution >= 4 is 5.97 Å². The van der Waals surface area contributed by atoms with Crippen LogP contribution in [0.4, 0.5) is 0 Å². The number of ether oxygens (including phenoxy) is 1. The Kier molecular flexibility index (Phi) is 4.89. The van der Waals surface area contributed by atoms with E-state index in [0.29, 0.717) is 5.56 Å². The first-order valence-electron chi connectivity index (χ1n) is 8.91. The Hall–Kier alpha value is -1.35. The molecule has 0 N–H and O–H groups in total. The maximum Gasteiger partial charge on any atom is 0.338 e. The zero-order valence-corrected chi connectivity index (χ0v) is 16.6. The second-order valence-electron chi connectivity index (χ2n) is 9.29. The molecule has 134 valence electrons.